The number of nitrogens with zero attached hydrogens (tertiary/aromatic N) is 2. The number of carbonyl (C=O) groups excluding carboxylic acids is 2. The minimum atomic E-state index is -3.85. The van der Waals surface area contributed by atoms with Crippen LogP contribution in [0.1, 0.15) is 31.1 Å². The first-order valence-electron chi connectivity index (χ1n) is 10.5. The Morgan fingerprint density at radius 2 is 1.64 bits per heavy atom. The second-order valence-corrected chi connectivity index (χ2v) is 10.9. The zero-order chi connectivity index (χ0) is 24.2. The molecule has 3 rings (SSSR count). The van der Waals surface area contributed by atoms with Gasteiger partial charge in [0.2, 0.25) is 10.0 Å². The average Bonchev–Trinajstić information content (AvgIpc) is 2.77. The second-order valence-electron chi connectivity index (χ2n) is 8.53. The Balaban J connectivity index is 1.69. The van der Waals surface area contributed by atoms with Crippen molar-refractivity contribution in [2.75, 3.05) is 37.7 Å². The van der Waals surface area contributed by atoms with E-state index in [1.165, 1.54) is 22.5 Å². The van der Waals surface area contributed by atoms with Gasteiger partial charge in [0.1, 0.15) is 5.60 Å². The van der Waals surface area contributed by atoms with Crippen LogP contribution < -0.4 is 4.90 Å². The van der Waals surface area contributed by atoms with E-state index in [2.05, 4.69) is 4.90 Å². The molecule has 8 nitrogen and oxygen atoms in total. The van der Waals surface area contributed by atoms with Crippen molar-refractivity contribution in [3.63, 3.8) is 0 Å². The van der Waals surface area contributed by atoms with Crippen molar-refractivity contribution in [1.82, 2.24) is 4.31 Å². The molecule has 0 aliphatic carbocycles. The number of piperazine rings is 1. The van der Waals surface area contributed by atoms with E-state index in [-0.39, 0.29) is 15.5 Å². The molecule has 0 bridgehead atoms. The molecule has 0 aromatic heterocycles. The Bertz CT molecular complexity index is 1110. The summed E-state index contributed by atoms with van der Waals surface area (Å²) < 4.78 is 37.8. The predicted molar refractivity (Wildman–Crippen MR) is 125 cm³/mol. The molecule has 0 radical (unpaired) electrons. The summed E-state index contributed by atoms with van der Waals surface area (Å²) in [4.78, 5) is 26.3. The van der Waals surface area contributed by atoms with E-state index in [4.69, 9.17) is 21.1 Å². The van der Waals surface area contributed by atoms with E-state index in [0.717, 1.165) is 5.69 Å². The molecule has 0 atom stereocenters. The molecular formula is C23H27ClN2O6S. The molecule has 1 saturated heterocycles. The van der Waals surface area contributed by atoms with Crippen LogP contribution in [0.25, 0.3) is 0 Å². The van der Waals surface area contributed by atoms with Crippen LogP contribution in [0.2, 0.25) is 5.02 Å². The highest BCUT2D eigenvalue weighted by atomic mass is 35.5. The zero-order valence-corrected chi connectivity index (χ0v) is 20.4. The van der Waals surface area contributed by atoms with Gasteiger partial charge in [-0.15, -0.1) is 0 Å². The number of halogens is 1. The van der Waals surface area contributed by atoms with Crippen molar-refractivity contribution < 1.29 is 27.5 Å². The number of rotatable bonds is 6. The van der Waals surface area contributed by atoms with Gasteiger partial charge in [-0.3, -0.25) is 0 Å². The summed E-state index contributed by atoms with van der Waals surface area (Å²) in [5.41, 5.74) is 0.180. The van der Waals surface area contributed by atoms with Crippen LogP contribution in [0.4, 0.5) is 5.69 Å². The van der Waals surface area contributed by atoms with Crippen molar-refractivity contribution >= 4 is 39.3 Å². The molecule has 0 spiro atoms. The number of hydrogen-bond acceptors (Lipinski definition) is 7. The lowest BCUT2D eigenvalue weighted by Gasteiger charge is -2.35. The number of anilines is 1. The number of carbonyl (C=O) groups is 2. The van der Waals surface area contributed by atoms with Gasteiger partial charge in [-0.2, -0.15) is 4.31 Å². The van der Waals surface area contributed by atoms with E-state index >= 15 is 0 Å². The van der Waals surface area contributed by atoms with E-state index in [0.29, 0.717) is 26.2 Å². The summed E-state index contributed by atoms with van der Waals surface area (Å²) in [6, 6.07) is 13.6. The predicted octanol–water partition coefficient (Wildman–Crippen LogP) is 3.35. The smallest absolute Gasteiger partial charge is 0.344 e. The second kappa shape index (κ2) is 10.1. The fourth-order valence-electron chi connectivity index (χ4n) is 3.37. The Kier molecular flexibility index (Phi) is 7.66. The molecule has 0 saturated carbocycles. The van der Waals surface area contributed by atoms with Gasteiger partial charge in [-0.05, 0) is 51.1 Å². The van der Waals surface area contributed by atoms with Crippen LogP contribution in [0.5, 0.6) is 0 Å². The fraction of sp³-hybridized carbons (Fsp3) is 0.391. The van der Waals surface area contributed by atoms with Gasteiger partial charge in [0.25, 0.3) is 0 Å². The number of sulfonamides is 1. The van der Waals surface area contributed by atoms with Crippen molar-refractivity contribution in [1.29, 1.82) is 0 Å². The molecule has 2 aromatic carbocycles. The highest BCUT2D eigenvalue weighted by molar-refractivity contribution is 7.89. The Morgan fingerprint density at radius 3 is 2.24 bits per heavy atom. The SMILES string of the molecule is CC(C)(C)OC(=O)COC(=O)c1cc(S(=O)(=O)N2CCN(c3ccccc3)CC2)ccc1Cl. The largest absolute Gasteiger partial charge is 0.457 e. The van der Waals surface area contributed by atoms with Crippen molar-refractivity contribution in [2.24, 2.45) is 0 Å². The van der Waals surface area contributed by atoms with Crippen LogP contribution in [-0.2, 0) is 24.3 Å². The highest BCUT2D eigenvalue weighted by Crippen LogP contribution is 2.25. The third-order valence-corrected chi connectivity index (χ3v) is 7.12. The van der Waals surface area contributed by atoms with Crippen LogP contribution in [0.3, 0.4) is 0 Å². The Labute approximate surface area is 199 Å². The quantitative estimate of drug-likeness (QED) is 0.568. The van der Waals surface area contributed by atoms with Gasteiger partial charge in [-0.1, -0.05) is 29.8 Å². The van der Waals surface area contributed by atoms with E-state index in [9.17, 15) is 18.0 Å². The molecule has 0 unspecified atom stereocenters. The van der Waals surface area contributed by atoms with Crippen LogP contribution in [0, 0.1) is 0 Å². The highest BCUT2D eigenvalue weighted by Gasteiger charge is 2.30. The zero-order valence-electron chi connectivity index (χ0n) is 18.8. The lowest BCUT2D eigenvalue weighted by molar-refractivity contribution is -0.158. The van der Waals surface area contributed by atoms with Crippen LogP contribution >= 0.6 is 11.6 Å². The maximum atomic E-state index is 13.2. The molecule has 2 aromatic rings. The lowest BCUT2D eigenvalue weighted by Crippen LogP contribution is -2.48. The van der Waals surface area contributed by atoms with Gasteiger partial charge in [0.15, 0.2) is 6.61 Å². The summed E-state index contributed by atoms with van der Waals surface area (Å²) in [5, 5.41) is 0.0250. The first-order chi connectivity index (χ1) is 15.5. The number of ether oxygens (including phenoxy) is 2. The first kappa shape index (κ1) is 25.0. The van der Waals surface area contributed by atoms with Gasteiger partial charge >= 0.3 is 11.9 Å². The number of hydrogen-bond donors (Lipinski definition) is 0. The third-order valence-electron chi connectivity index (χ3n) is 4.90. The van der Waals surface area contributed by atoms with E-state index in [1.54, 1.807) is 20.8 Å². The van der Waals surface area contributed by atoms with Gasteiger partial charge in [0, 0.05) is 31.9 Å². The summed E-state index contributed by atoms with van der Waals surface area (Å²) >= 11 is 6.10. The summed E-state index contributed by atoms with van der Waals surface area (Å²) in [5.74, 6) is -1.62. The molecule has 1 aliphatic rings. The minimum absolute atomic E-state index is 0.0250. The summed E-state index contributed by atoms with van der Waals surface area (Å²) in [6.07, 6.45) is 0. The van der Waals surface area contributed by atoms with E-state index < -0.39 is 34.2 Å². The maximum absolute atomic E-state index is 13.2. The molecule has 1 heterocycles. The molecule has 0 amide bonds. The molecule has 178 valence electrons. The number of esters is 2. The topological polar surface area (TPSA) is 93.2 Å². The maximum Gasteiger partial charge on any atom is 0.344 e. The van der Waals surface area contributed by atoms with Crippen LogP contribution in [0.15, 0.2) is 53.4 Å². The first-order valence-corrected chi connectivity index (χ1v) is 12.3. The molecule has 10 heteroatoms. The minimum Gasteiger partial charge on any atom is -0.457 e. The van der Waals surface area contributed by atoms with E-state index in [1.807, 2.05) is 30.3 Å². The number of benzene rings is 2. The molecule has 0 N–H and O–H groups in total. The monoisotopic (exact) mass is 494 g/mol. The summed E-state index contributed by atoms with van der Waals surface area (Å²) in [6.45, 7) is 6.16. The van der Waals surface area contributed by atoms with Gasteiger partial charge < -0.3 is 14.4 Å². The van der Waals surface area contributed by atoms with Gasteiger partial charge in [0.05, 0.1) is 15.5 Å². The van der Waals surface area contributed by atoms with Crippen molar-refractivity contribution in [3.8, 4) is 0 Å². The molecular weight excluding hydrogens is 468 g/mol. The Morgan fingerprint density at radius 1 is 1.00 bits per heavy atom. The van der Waals surface area contributed by atoms with Gasteiger partial charge in [-0.25, -0.2) is 18.0 Å². The fourth-order valence-corrected chi connectivity index (χ4v) is 5.01. The van der Waals surface area contributed by atoms with Crippen molar-refractivity contribution in [3.05, 3.63) is 59.1 Å². The van der Waals surface area contributed by atoms with Crippen molar-refractivity contribution in [2.45, 2.75) is 31.3 Å². The average molecular weight is 495 g/mol. The third kappa shape index (κ3) is 6.46. The molecule has 1 fully saturated rings. The van der Waals surface area contributed by atoms with Crippen LogP contribution in [-0.4, -0.2) is 63.0 Å². The lowest BCUT2D eigenvalue weighted by atomic mass is 10.2. The Hall–Kier alpha value is -2.62. The molecule has 1 aliphatic heterocycles. The number of para-hydroxylation sites is 1. The normalized spacial score (nSPS) is 15.2. The summed E-state index contributed by atoms with van der Waals surface area (Å²) in [7, 11) is -3.85. The standard InChI is InChI=1S/C23H27ClN2O6S/c1-23(2,3)32-21(27)16-31-22(28)19-15-18(9-10-20(19)24)33(29,30)26-13-11-25(12-14-26)17-7-5-4-6-8-17/h4-10,15H,11-14,16H2,1-3H3. The molecule has 33 heavy (non-hydrogen) atoms.